The molecular weight excluding hydrogens is 302 g/mol. The lowest BCUT2D eigenvalue weighted by molar-refractivity contribution is -0.116. The number of amides is 1. The first kappa shape index (κ1) is 17.8. The van der Waals surface area contributed by atoms with Gasteiger partial charge in [0.05, 0.1) is 13.7 Å². The van der Waals surface area contributed by atoms with E-state index in [4.69, 9.17) is 9.84 Å². The van der Waals surface area contributed by atoms with Crippen molar-refractivity contribution in [1.29, 1.82) is 0 Å². The van der Waals surface area contributed by atoms with Crippen molar-refractivity contribution >= 4 is 11.5 Å². The Morgan fingerprint density at radius 1 is 1.12 bits per heavy atom. The Labute approximate surface area is 142 Å². The van der Waals surface area contributed by atoms with Gasteiger partial charge in [-0.2, -0.15) is 0 Å². The van der Waals surface area contributed by atoms with Crippen molar-refractivity contribution < 1.29 is 14.6 Å². The van der Waals surface area contributed by atoms with Crippen LogP contribution in [0.4, 0.5) is 0 Å². The number of para-hydroxylation sites is 1. The van der Waals surface area contributed by atoms with Gasteiger partial charge in [-0.3, -0.25) is 4.79 Å². The average Bonchev–Trinajstić information content (AvgIpc) is 2.62. The summed E-state index contributed by atoms with van der Waals surface area (Å²) in [7, 11) is 1.62. The lowest BCUT2D eigenvalue weighted by Crippen LogP contribution is -2.23. The highest BCUT2D eigenvalue weighted by Gasteiger charge is 2.05. The Bertz CT molecular complexity index is 705. The minimum atomic E-state index is -0.120. The first-order valence-electron chi connectivity index (χ1n) is 7.92. The van der Waals surface area contributed by atoms with Crippen LogP contribution in [-0.2, 0) is 17.8 Å². The van der Waals surface area contributed by atoms with Gasteiger partial charge >= 0.3 is 0 Å². The molecule has 0 spiro atoms. The summed E-state index contributed by atoms with van der Waals surface area (Å²) in [5.41, 5.74) is 3.78. The molecule has 24 heavy (non-hydrogen) atoms. The van der Waals surface area contributed by atoms with Crippen LogP contribution in [0.15, 0.2) is 54.6 Å². The number of rotatable bonds is 7. The number of carbonyl (C=O) groups is 1. The molecule has 0 heterocycles. The summed E-state index contributed by atoms with van der Waals surface area (Å²) in [6.07, 6.45) is 2.34. The van der Waals surface area contributed by atoms with E-state index in [2.05, 4.69) is 5.32 Å². The number of benzene rings is 2. The van der Waals surface area contributed by atoms with Crippen LogP contribution in [0.2, 0.25) is 0 Å². The highest BCUT2D eigenvalue weighted by molar-refractivity contribution is 5.95. The van der Waals surface area contributed by atoms with Crippen molar-refractivity contribution in [2.24, 2.45) is 0 Å². The van der Waals surface area contributed by atoms with Crippen molar-refractivity contribution in [2.45, 2.75) is 20.0 Å². The van der Waals surface area contributed by atoms with E-state index in [0.29, 0.717) is 6.54 Å². The average molecular weight is 325 g/mol. The molecule has 0 saturated carbocycles. The summed E-state index contributed by atoms with van der Waals surface area (Å²) in [5, 5.41) is 11.9. The molecule has 2 aromatic carbocycles. The lowest BCUT2D eigenvalue weighted by Gasteiger charge is -2.09. The van der Waals surface area contributed by atoms with Gasteiger partial charge in [0.1, 0.15) is 5.75 Å². The number of hydrogen-bond donors (Lipinski definition) is 2. The Kier molecular flexibility index (Phi) is 6.58. The highest BCUT2D eigenvalue weighted by atomic mass is 16.5. The molecule has 0 saturated heterocycles. The predicted molar refractivity (Wildman–Crippen MR) is 95.7 cm³/mol. The number of allylic oxidation sites excluding steroid dienone is 1. The second-order valence-corrected chi connectivity index (χ2v) is 5.54. The van der Waals surface area contributed by atoms with Crippen molar-refractivity contribution in [2.75, 3.05) is 13.7 Å². The third-order valence-electron chi connectivity index (χ3n) is 3.80. The minimum absolute atomic E-state index is 0.0457. The molecule has 2 N–H and O–H groups in total. The molecule has 0 fully saturated rings. The third kappa shape index (κ3) is 4.96. The number of nitrogens with one attached hydrogen (secondary N) is 1. The number of aliphatic hydroxyl groups excluding tert-OH is 1. The summed E-state index contributed by atoms with van der Waals surface area (Å²) in [6.45, 7) is 2.50. The normalized spacial score (nSPS) is 11.2. The maximum atomic E-state index is 12.1. The van der Waals surface area contributed by atoms with Crippen LogP contribution < -0.4 is 10.1 Å². The molecule has 0 atom stereocenters. The standard InChI is InChI=1S/C20H23NO3/c1-15(18-5-3-4-6-19(18)24-2)13-20(23)21-12-11-16-7-9-17(14-22)10-8-16/h3-10,13,22H,11-12,14H2,1-2H3,(H,21,23)/b15-13+. The molecule has 2 rings (SSSR count). The van der Waals surface area contributed by atoms with Gasteiger partial charge in [-0.15, -0.1) is 0 Å². The van der Waals surface area contributed by atoms with Crippen molar-refractivity contribution in [3.05, 3.63) is 71.3 Å². The number of carbonyl (C=O) groups excluding carboxylic acids is 1. The Morgan fingerprint density at radius 2 is 1.79 bits per heavy atom. The summed E-state index contributed by atoms with van der Waals surface area (Å²) in [5.74, 6) is 0.633. The Morgan fingerprint density at radius 3 is 2.46 bits per heavy atom. The molecule has 0 aromatic heterocycles. The number of hydrogen-bond acceptors (Lipinski definition) is 3. The van der Waals surface area contributed by atoms with E-state index in [1.54, 1.807) is 13.2 Å². The van der Waals surface area contributed by atoms with Gasteiger partial charge in [-0.25, -0.2) is 0 Å². The maximum Gasteiger partial charge on any atom is 0.244 e. The molecule has 0 aliphatic carbocycles. The van der Waals surface area contributed by atoms with Crippen LogP contribution in [-0.4, -0.2) is 24.7 Å². The topological polar surface area (TPSA) is 58.6 Å². The summed E-state index contributed by atoms with van der Waals surface area (Å²) in [4.78, 5) is 12.1. The van der Waals surface area contributed by atoms with Crippen molar-refractivity contribution in [3.63, 3.8) is 0 Å². The van der Waals surface area contributed by atoms with Gasteiger partial charge in [0.15, 0.2) is 0 Å². The van der Waals surface area contributed by atoms with E-state index in [9.17, 15) is 4.79 Å². The van der Waals surface area contributed by atoms with Crippen LogP contribution in [0, 0.1) is 0 Å². The Balaban J connectivity index is 1.89. The molecule has 1 amide bonds. The van der Waals surface area contributed by atoms with E-state index in [0.717, 1.165) is 34.4 Å². The third-order valence-corrected chi connectivity index (χ3v) is 3.80. The summed E-state index contributed by atoms with van der Waals surface area (Å²) >= 11 is 0. The quantitative estimate of drug-likeness (QED) is 0.770. The second kappa shape index (κ2) is 8.89. The maximum absolute atomic E-state index is 12.1. The van der Waals surface area contributed by atoms with E-state index < -0.39 is 0 Å². The second-order valence-electron chi connectivity index (χ2n) is 5.54. The first-order chi connectivity index (χ1) is 11.6. The first-order valence-corrected chi connectivity index (χ1v) is 7.92. The Hall–Kier alpha value is -2.59. The van der Waals surface area contributed by atoms with Gasteiger partial charge in [0.25, 0.3) is 0 Å². The zero-order chi connectivity index (χ0) is 17.4. The summed E-state index contributed by atoms with van der Waals surface area (Å²) in [6, 6.07) is 15.3. The zero-order valence-corrected chi connectivity index (χ0v) is 14.1. The molecule has 0 aliphatic rings. The van der Waals surface area contributed by atoms with Crippen LogP contribution in [0.25, 0.3) is 5.57 Å². The van der Waals surface area contributed by atoms with Crippen LogP contribution in [0.1, 0.15) is 23.6 Å². The number of ether oxygens (including phenoxy) is 1. The van der Waals surface area contributed by atoms with Crippen molar-refractivity contribution in [3.8, 4) is 5.75 Å². The molecule has 2 aromatic rings. The largest absolute Gasteiger partial charge is 0.496 e. The molecule has 0 bridgehead atoms. The van der Waals surface area contributed by atoms with Gasteiger partial charge in [-0.05, 0) is 36.1 Å². The molecule has 4 heteroatoms. The molecule has 4 nitrogen and oxygen atoms in total. The monoisotopic (exact) mass is 325 g/mol. The zero-order valence-electron chi connectivity index (χ0n) is 14.1. The number of methoxy groups -OCH3 is 1. The highest BCUT2D eigenvalue weighted by Crippen LogP contribution is 2.24. The molecular formula is C20H23NO3. The van der Waals surface area contributed by atoms with Gasteiger partial charge < -0.3 is 15.2 Å². The molecule has 0 unspecified atom stereocenters. The lowest BCUT2D eigenvalue weighted by atomic mass is 10.1. The van der Waals surface area contributed by atoms with Crippen LogP contribution >= 0.6 is 0 Å². The molecule has 126 valence electrons. The van der Waals surface area contributed by atoms with Crippen molar-refractivity contribution in [1.82, 2.24) is 5.32 Å². The van der Waals surface area contributed by atoms with Crippen LogP contribution in [0.5, 0.6) is 5.75 Å². The minimum Gasteiger partial charge on any atom is -0.496 e. The fourth-order valence-electron chi connectivity index (χ4n) is 2.44. The van der Waals surface area contributed by atoms with Gasteiger partial charge in [0, 0.05) is 18.2 Å². The van der Waals surface area contributed by atoms with Gasteiger partial charge in [0.2, 0.25) is 5.91 Å². The number of aliphatic hydroxyl groups is 1. The summed E-state index contributed by atoms with van der Waals surface area (Å²) < 4.78 is 5.32. The van der Waals surface area contributed by atoms with Gasteiger partial charge in [-0.1, -0.05) is 42.5 Å². The van der Waals surface area contributed by atoms with Crippen LogP contribution in [0.3, 0.4) is 0 Å². The smallest absolute Gasteiger partial charge is 0.244 e. The van der Waals surface area contributed by atoms with E-state index in [1.807, 2.05) is 55.5 Å². The SMILES string of the molecule is COc1ccccc1/C(C)=C/C(=O)NCCc1ccc(CO)cc1. The molecule has 0 aliphatic heterocycles. The molecule has 0 radical (unpaired) electrons. The van der Waals surface area contributed by atoms with E-state index >= 15 is 0 Å². The predicted octanol–water partition coefficient (Wildman–Crippen LogP) is 2.95. The van der Waals surface area contributed by atoms with E-state index in [1.165, 1.54) is 0 Å². The van der Waals surface area contributed by atoms with E-state index in [-0.39, 0.29) is 12.5 Å². The fraction of sp³-hybridized carbons (Fsp3) is 0.250. The fourth-order valence-corrected chi connectivity index (χ4v) is 2.44.